The Morgan fingerprint density at radius 3 is 2.67 bits per heavy atom. The molecule has 1 aliphatic rings. The highest BCUT2D eigenvalue weighted by Crippen LogP contribution is 2.24. The Bertz CT molecular complexity index is 719. The maximum atomic E-state index is 13.6. The van der Waals surface area contributed by atoms with Crippen molar-refractivity contribution in [2.24, 2.45) is 0 Å². The predicted molar refractivity (Wildman–Crippen MR) is 84.9 cm³/mol. The smallest absolute Gasteiger partial charge is 0.167 e. The van der Waals surface area contributed by atoms with Crippen molar-refractivity contribution in [1.29, 1.82) is 0 Å². The van der Waals surface area contributed by atoms with Gasteiger partial charge in [0.1, 0.15) is 17.7 Å². The van der Waals surface area contributed by atoms with E-state index >= 15 is 0 Å². The minimum Gasteiger partial charge on any atom is -0.487 e. The summed E-state index contributed by atoms with van der Waals surface area (Å²) in [6, 6.07) is 3.33. The van der Waals surface area contributed by atoms with E-state index in [4.69, 9.17) is 9.84 Å². The Kier molecular flexibility index (Phi) is 4.89. The van der Waals surface area contributed by atoms with Crippen molar-refractivity contribution in [2.45, 2.75) is 32.5 Å². The molecular formula is C17H19F2N3O2. The van der Waals surface area contributed by atoms with Crippen molar-refractivity contribution in [3.63, 3.8) is 0 Å². The zero-order chi connectivity index (χ0) is 17.1. The van der Waals surface area contributed by atoms with Gasteiger partial charge in [0.15, 0.2) is 11.6 Å². The molecule has 7 heteroatoms. The molecule has 0 saturated carbocycles. The van der Waals surface area contributed by atoms with Crippen LogP contribution in [0.4, 0.5) is 14.6 Å². The Hall–Kier alpha value is -2.28. The molecule has 0 spiro atoms. The summed E-state index contributed by atoms with van der Waals surface area (Å²) in [7, 11) is 0. The normalized spacial score (nSPS) is 15.6. The second-order valence-electron chi connectivity index (χ2n) is 5.80. The summed E-state index contributed by atoms with van der Waals surface area (Å²) >= 11 is 0. The molecule has 2 heterocycles. The summed E-state index contributed by atoms with van der Waals surface area (Å²) < 4.78 is 32.2. The third kappa shape index (κ3) is 3.62. The third-order valence-electron chi connectivity index (χ3n) is 4.14. The standard InChI is InChI=1S/C17H19F2N3O2/c1-11-15(10-23)20-9-17(21-11)22-6-4-13(5-7-22)24-16-3-2-12(18)8-14(16)19/h2-3,8-9,13,23H,4-7,10H2,1H3. The lowest BCUT2D eigenvalue weighted by Gasteiger charge is -2.33. The molecule has 0 aliphatic carbocycles. The van der Waals surface area contributed by atoms with E-state index in [1.807, 2.05) is 6.92 Å². The zero-order valence-electron chi connectivity index (χ0n) is 13.4. The summed E-state index contributed by atoms with van der Waals surface area (Å²) in [5, 5.41) is 9.15. The fraction of sp³-hybridized carbons (Fsp3) is 0.412. The molecular weight excluding hydrogens is 316 g/mol. The summed E-state index contributed by atoms with van der Waals surface area (Å²) in [4.78, 5) is 10.8. The molecule has 0 unspecified atom stereocenters. The van der Waals surface area contributed by atoms with Crippen LogP contribution in [0.25, 0.3) is 0 Å². The Balaban J connectivity index is 1.60. The van der Waals surface area contributed by atoms with Crippen LogP contribution in [-0.4, -0.2) is 34.3 Å². The minimum atomic E-state index is -0.682. The number of halogens is 2. The van der Waals surface area contributed by atoms with E-state index in [-0.39, 0.29) is 18.5 Å². The van der Waals surface area contributed by atoms with Gasteiger partial charge < -0.3 is 14.7 Å². The molecule has 3 rings (SSSR count). The molecule has 1 saturated heterocycles. The number of benzene rings is 1. The molecule has 1 N–H and O–H groups in total. The lowest BCUT2D eigenvalue weighted by molar-refractivity contribution is 0.163. The maximum absolute atomic E-state index is 13.6. The number of anilines is 1. The SMILES string of the molecule is Cc1nc(N2CCC(Oc3ccc(F)cc3F)CC2)cnc1CO. The lowest BCUT2D eigenvalue weighted by Crippen LogP contribution is -2.39. The maximum Gasteiger partial charge on any atom is 0.167 e. The molecule has 128 valence electrons. The summed E-state index contributed by atoms with van der Waals surface area (Å²) in [6.07, 6.45) is 2.95. The van der Waals surface area contributed by atoms with Gasteiger partial charge in [0, 0.05) is 32.0 Å². The lowest BCUT2D eigenvalue weighted by atomic mass is 10.1. The van der Waals surface area contributed by atoms with Gasteiger partial charge in [-0.3, -0.25) is 4.98 Å². The van der Waals surface area contributed by atoms with Crippen molar-refractivity contribution < 1.29 is 18.6 Å². The molecule has 5 nitrogen and oxygen atoms in total. The van der Waals surface area contributed by atoms with Gasteiger partial charge in [-0.1, -0.05) is 0 Å². The minimum absolute atomic E-state index is 0.0813. The van der Waals surface area contributed by atoms with Gasteiger partial charge in [-0.2, -0.15) is 0 Å². The van der Waals surface area contributed by atoms with Crippen molar-refractivity contribution in [3.8, 4) is 5.75 Å². The Morgan fingerprint density at radius 1 is 1.29 bits per heavy atom. The summed E-state index contributed by atoms with van der Waals surface area (Å²) in [6.45, 7) is 3.10. The van der Waals surface area contributed by atoms with Gasteiger partial charge in [0.25, 0.3) is 0 Å². The van der Waals surface area contributed by atoms with Crippen LogP contribution in [0, 0.1) is 18.6 Å². The van der Waals surface area contributed by atoms with E-state index in [0.29, 0.717) is 37.3 Å². The molecule has 2 aromatic rings. The molecule has 1 aliphatic heterocycles. The highest BCUT2D eigenvalue weighted by molar-refractivity contribution is 5.38. The molecule has 0 amide bonds. The first-order valence-corrected chi connectivity index (χ1v) is 7.87. The molecule has 1 aromatic carbocycles. The van der Waals surface area contributed by atoms with Crippen LogP contribution in [0.2, 0.25) is 0 Å². The second-order valence-corrected chi connectivity index (χ2v) is 5.80. The van der Waals surface area contributed by atoms with Gasteiger partial charge in [-0.25, -0.2) is 13.8 Å². The average Bonchev–Trinajstić information content (AvgIpc) is 2.58. The first-order chi connectivity index (χ1) is 11.6. The van der Waals surface area contributed by atoms with Crippen LogP contribution >= 0.6 is 0 Å². The van der Waals surface area contributed by atoms with E-state index in [2.05, 4.69) is 14.9 Å². The monoisotopic (exact) mass is 335 g/mol. The predicted octanol–water partition coefficient (Wildman–Crippen LogP) is 2.60. The number of hydrogen-bond donors (Lipinski definition) is 1. The van der Waals surface area contributed by atoms with E-state index in [1.54, 1.807) is 6.20 Å². The van der Waals surface area contributed by atoms with E-state index in [9.17, 15) is 8.78 Å². The second kappa shape index (κ2) is 7.09. The van der Waals surface area contributed by atoms with Gasteiger partial charge in [-0.05, 0) is 19.1 Å². The van der Waals surface area contributed by atoms with Crippen LogP contribution in [0.1, 0.15) is 24.2 Å². The fourth-order valence-corrected chi connectivity index (χ4v) is 2.75. The third-order valence-corrected chi connectivity index (χ3v) is 4.14. The topological polar surface area (TPSA) is 58.5 Å². The Labute approximate surface area is 138 Å². The zero-order valence-corrected chi connectivity index (χ0v) is 13.4. The molecule has 24 heavy (non-hydrogen) atoms. The number of aryl methyl sites for hydroxylation is 1. The first-order valence-electron chi connectivity index (χ1n) is 7.87. The highest BCUT2D eigenvalue weighted by Gasteiger charge is 2.23. The van der Waals surface area contributed by atoms with Crippen LogP contribution in [0.5, 0.6) is 5.75 Å². The van der Waals surface area contributed by atoms with Crippen LogP contribution < -0.4 is 9.64 Å². The van der Waals surface area contributed by atoms with E-state index < -0.39 is 11.6 Å². The number of aliphatic hydroxyl groups excluding tert-OH is 1. The average molecular weight is 335 g/mol. The Morgan fingerprint density at radius 2 is 2.04 bits per heavy atom. The van der Waals surface area contributed by atoms with Gasteiger partial charge in [0.2, 0.25) is 0 Å². The van der Waals surface area contributed by atoms with Crippen LogP contribution in [0.3, 0.4) is 0 Å². The van der Waals surface area contributed by atoms with Crippen molar-refractivity contribution >= 4 is 5.82 Å². The quantitative estimate of drug-likeness (QED) is 0.931. The van der Waals surface area contributed by atoms with Crippen molar-refractivity contribution in [1.82, 2.24) is 9.97 Å². The number of hydrogen-bond acceptors (Lipinski definition) is 5. The number of ether oxygens (including phenoxy) is 1. The van der Waals surface area contributed by atoms with Crippen molar-refractivity contribution in [2.75, 3.05) is 18.0 Å². The number of nitrogens with zero attached hydrogens (tertiary/aromatic N) is 3. The summed E-state index contributed by atoms with van der Waals surface area (Å²) in [5.74, 6) is -0.456. The largest absolute Gasteiger partial charge is 0.487 e. The number of rotatable bonds is 4. The number of piperidine rings is 1. The van der Waals surface area contributed by atoms with E-state index in [0.717, 1.165) is 11.9 Å². The van der Waals surface area contributed by atoms with Gasteiger partial charge >= 0.3 is 0 Å². The highest BCUT2D eigenvalue weighted by atomic mass is 19.1. The van der Waals surface area contributed by atoms with Crippen LogP contribution in [-0.2, 0) is 6.61 Å². The van der Waals surface area contributed by atoms with Crippen LogP contribution in [0.15, 0.2) is 24.4 Å². The summed E-state index contributed by atoms with van der Waals surface area (Å²) in [5.41, 5.74) is 1.28. The fourth-order valence-electron chi connectivity index (χ4n) is 2.75. The molecule has 1 aromatic heterocycles. The van der Waals surface area contributed by atoms with Gasteiger partial charge in [0.05, 0.1) is 24.2 Å². The molecule has 0 atom stereocenters. The number of aromatic nitrogens is 2. The molecule has 0 radical (unpaired) electrons. The van der Waals surface area contributed by atoms with E-state index in [1.165, 1.54) is 12.1 Å². The molecule has 0 bridgehead atoms. The van der Waals surface area contributed by atoms with Crippen molar-refractivity contribution in [3.05, 3.63) is 47.4 Å². The molecule has 1 fully saturated rings. The van der Waals surface area contributed by atoms with Gasteiger partial charge in [-0.15, -0.1) is 0 Å². The number of aliphatic hydroxyl groups is 1. The first kappa shape index (κ1) is 16.6.